The molecule has 2 rings (SSSR count). The summed E-state index contributed by atoms with van der Waals surface area (Å²) in [4.78, 5) is 11.4. The third-order valence-electron chi connectivity index (χ3n) is 2.12. The van der Waals surface area contributed by atoms with Gasteiger partial charge in [-0.1, -0.05) is 5.16 Å². The van der Waals surface area contributed by atoms with E-state index in [2.05, 4.69) is 14.4 Å². The first-order valence-corrected chi connectivity index (χ1v) is 4.86. The number of aromatic nitrogens is 1. The van der Waals surface area contributed by atoms with Crippen LogP contribution in [0.2, 0.25) is 0 Å². The number of alkyl halides is 3. The van der Waals surface area contributed by atoms with Gasteiger partial charge in [0.15, 0.2) is 0 Å². The zero-order valence-corrected chi connectivity index (χ0v) is 9.07. The molecule has 0 unspecified atom stereocenters. The Balaban J connectivity index is 2.19. The molecule has 8 heteroatoms. The monoisotopic (exact) mass is 275 g/mol. The topological polar surface area (TPSA) is 52.3 Å². The van der Waals surface area contributed by atoms with Gasteiger partial charge in [-0.05, 0) is 12.1 Å². The fourth-order valence-corrected chi connectivity index (χ4v) is 1.26. The predicted molar refractivity (Wildman–Crippen MR) is 52.9 cm³/mol. The summed E-state index contributed by atoms with van der Waals surface area (Å²) in [6.45, 7) is 0. The minimum Gasteiger partial charge on any atom is -0.423 e. The Labute approximate surface area is 103 Å². The number of carbonyl (C=O) groups excluding carboxylic acids is 1. The second-order valence-corrected chi connectivity index (χ2v) is 3.44. The summed E-state index contributed by atoms with van der Waals surface area (Å²) in [5.74, 6) is -2.79. The average molecular weight is 275 g/mol. The van der Waals surface area contributed by atoms with Crippen molar-refractivity contribution in [2.75, 3.05) is 0 Å². The van der Waals surface area contributed by atoms with Gasteiger partial charge in [0.05, 0.1) is 11.8 Å². The minimum atomic E-state index is -4.80. The third-order valence-corrected chi connectivity index (χ3v) is 2.12. The van der Waals surface area contributed by atoms with Gasteiger partial charge in [-0.3, -0.25) is 0 Å². The van der Waals surface area contributed by atoms with E-state index in [-0.39, 0.29) is 11.3 Å². The normalized spacial score (nSPS) is 11.4. The predicted octanol–water partition coefficient (Wildman–Crippen LogP) is 3.05. The van der Waals surface area contributed by atoms with Crippen molar-refractivity contribution in [2.45, 2.75) is 6.18 Å². The van der Waals surface area contributed by atoms with E-state index in [9.17, 15) is 22.4 Å². The minimum absolute atomic E-state index is 0.0414. The van der Waals surface area contributed by atoms with E-state index in [4.69, 9.17) is 0 Å². The first-order chi connectivity index (χ1) is 8.88. The van der Waals surface area contributed by atoms with E-state index < -0.39 is 23.5 Å². The highest BCUT2D eigenvalue weighted by Crippen LogP contribution is 2.32. The van der Waals surface area contributed by atoms with Crippen LogP contribution in [0.25, 0.3) is 0 Å². The molecule has 0 spiro atoms. The molecule has 100 valence electrons. The van der Waals surface area contributed by atoms with Crippen LogP contribution >= 0.6 is 0 Å². The molecule has 19 heavy (non-hydrogen) atoms. The van der Waals surface area contributed by atoms with Crippen molar-refractivity contribution in [3.05, 3.63) is 47.6 Å². The number of esters is 1. The molecule has 0 bridgehead atoms. The van der Waals surface area contributed by atoms with Crippen molar-refractivity contribution >= 4 is 5.97 Å². The number of ether oxygens (including phenoxy) is 1. The van der Waals surface area contributed by atoms with E-state index in [0.717, 1.165) is 18.5 Å². The van der Waals surface area contributed by atoms with Crippen LogP contribution in [-0.2, 0) is 6.18 Å². The highest BCUT2D eigenvalue weighted by molar-refractivity contribution is 5.90. The lowest BCUT2D eigenvalue weighted by Gasteiger charge is -2.09. The highest BCUT2D eigenvalue weighted by Gasteiger charge is 2.34. The summed E-state index contributed by atoms with van der Waals surface area (Å²) in [5.41, 5.74) is -1.47. The van der Waals surface area contributed by atoms with Gasteiger partial charge in [0, 0.05) is 6.07 Å². The van der Waals surface area contributed by atoms with Gasteiger partial charge in [-0.2, -0.15) is 13.2 Å². The van der Waals surface area contributed by atoms with E-state index in [1.807, 2.05) is 0 Å². The Morgan fingerprint density at radius 3 is 2.58 bits per heavy atom. The fourth-order valence-electron chi connectivity index (χ4n) is 1.26. The molecule has 1 aromatic heterocycles. The van der Waals surface area contributed by atoms with Crippen LogP contribution in [0.4, 0.5) is 17.6 Å². The SMILES string of the molecule is O=C(Oc1ccc(C(F)(F)F)c(F)c1)c1cnoc1. The molecule has 0 amide bonds. The summed E-state index contributed by atoms with van der Waals surface area (Å²) in [6, 6.07) is 1.82. The van der Waals surface area contributed by atoms with Crippen LogP contribution < -0.4 is 4.74 Å². The molecule has 4 nitrogen and oxygen atoms in total. The first kappa shape index (κ1) is 13.1. The summed E-state index contributed by atoms with van der Waals surface area (Å²) < 4.78 is 59.1. The maximum Gasteiger partial charge on any atom is 0.419 e. The number of carbonyl (C=O) groups is 1. The van der Waals surface area contributed by atoms with Gasteiger partial charge in [0.2, 0.25) is 0 Å². The Kier molecular flexibility index (Phi) is 3.24. The van der Waals surface area contributed by atoms with Crippen molar-refractivity contribution in [1.82, 2.24) is 5.16 Å². The van der Waals surface area contributed by atoms with Gasteiger partial charge in [-0.15, -0.1) is 0 Å². The molecular weight excluding hydrogens is 270 g/mol. The van der Waals surface area contributed by atoms with Gasteiger partial charge < -0.3 is 9.26 Å². The maximum atomic E-state index is 13.2. The van der Waals surface area contributed by atoms with Crippen molar-refractivity contribution in [3.63, 3.8) is 0 Å². The molecule has 0 N–H and O–H groups in total. The lowest BCUT2D eigenvalue weighted by atomic mass is 10.2. The van der Waals surface area contributed by atoms with E-state index in [1.165, 1.54) is 0 Å². The number of halogens is 4. The largest absolute Gasteiger partial charge is 0.423 e. The molecule has 0 aliphatic heterocycles. The summed E-state index contributed by atoms with van der Waals surface area (Å²) in [7, 11) is 0. The van der Waals surface area contributed by atoms with Gasteiger partial charge >= 0.3 is 12.1 Å². The molecule has 1 aromatic carbocycles. The molecule has 0 aliphatic rings. The molecule has 1 heterocycles. The van der Waals surface area contributed by atoms with Crippen LogP contribution in [0.3, 0.4) is 0 Å². The summed E-state index contributed by atoms with van der Waals surface area (Å²) >= 11 is 0. The lowest BCUT2D eigenvalue weighted by Crippen LogP contribution is -2.10. The molecule has 0 fully saturated rings. The Morgan fingerprint density at radius 1 is 1.32 bits per heavy atom. The smallest absolute Gasteiger partial charge is 0.419 e. The van der Waals surface area contributed by atoms with Crippen LogP contribution in [-0.4, -0.2) is 11.1 Å². The average Bonchev–Trinajstić information content (AvgIpc) is 2.80. The molecular formula is C11H5F4NO3. The van der Waals surface area contributed by atoms with E-state index in [1.54, 1.807) is 0 Å². The maximum absolute atomic E-state index is 13.2. The van der Waals surface area contributed by atoms with Gasteiger partial charge in [-0.25, -0.2) is 9.18 Å². The zero-order chi connectivity index (χ0) is 14.0. The second-order valence-electron chi connectivity index (χ2n) is 3.44. The van der Waals surface area contributed by atoms with Gasteiger partial charge in [0.1, 0.15) is 23.4 Å². The van der Waals surface area contributed by atoms with E-state index >= 15 is 0 Å². The van der Waals surface area contributed by atoms with Crippen molar-refractivity contribution < 1.29 is 31.6 Å². The molecule has 0 saturated heterocycles. The molecule has 0 radical (unpaired) electrons. The number of hydrogen-bond acceptors (Lipinski definition) is 4. The number of rotatable bonds is 2. The Hall–Kier alpha value is -2.38. The molecule has 0 aliphatic carbocycles. The standard InChI is InChI=1S/C11H5F4NO3/c12-9-3-7(1-2-8(9)11(13,14)15)19-10(17)6-4-16-18-5-6/h1-5H. The van der Waals surface area contributed by atoms with Crippen LogP contribution in [0, 0.1) is 5.82 Å². The Bertz CT molecular complexity index is 592. The summed E-state index contributed by atoms with van der Waals surface area (Å²) in [6.07, 6.45) is -2.76. The van der Waals surface area contributed by atoms with Crippen LogP contribution in [0.15, 0.2) is 35.2 Å². The first-order valence-electron chi connectivity index (χ1n) is 4.86. The Morgan fingerprint density at radius 2 is 2.05 bits per heavy atom. The number of nitrogens with zero attached hydrogens (tertiary/aromatic N) is 1. The van der Waals surface area contributed by atoms with Crippen LogP contribution in [0.1, 0.15) is 15.9 Å². The molecule has 0 saturated carbocycles. The van der Waals surface area contributed by atoms with Gasteiger partial charge in [0.25, 0.3) is 0 Å². The second kappa shape index (κ2) is 4.71. The fraction of sp³-hybridized carbons (Fsp3) is 0.0909. The van der Waals surface area contributed by atoms with E-state index in [0.29, 0.717) is 12.1 Å². The van der Waals surface area contributed by atoms with Crippen molar-refractivity contribution in [2.24, 2.45) is 0 Å². The highest BCUT2D eigenvalue weighted by atomic mass is 19.4. The lowest BCUT2D eigenvalue weighted by molar-refractivity contribution is -0.140. The van der Waals surface area contributed by atoms with Crippen LogP contribution in [0.5, 0.6) is 5.75 Å². The quantitative estimate of drug-likeness (QED) is 0.480. The number of benzene rings is 1. The third kappa shape index (κ3) is 2.90. The molecule has 0 atom stereocenters. The van der Waals surface area contributed by atoms with Crippen molar-refractivity contribution in [3.8, 4) is 5.75 Å². The van der Waals surface area contributed by atoms with Crippen molar-refractivity contribution in [1.29, 1.82) is 0 Å². The number of hydrogen-bond donors (Lipinski definition) is 0. The zero-order valence-electron chi connectivity index (χ0n) is 9.07. The molecule has 2 aromatic rings. The summed E-state index contributed by atoms with van der Waals surface area (Å²) in [5, 5.41) is 3.25.